The van der Waals surface area contributed by atoms with Crippen molar-refractivity contribution in [2.24, 2.45) is 5.92 Å². The molecule has 0 radical (unpaired) electrons. The molecule has 0 aliphatic carbocycles. The van der Waals surface area contributed by atoms with Crippen LogP contribution >= 0.6 is 15.9 Å². The third-order valence-electron chi connectivity index (χ3n) is 3.70. The fourth-order valence-corrected chi connectivity index (χ4v) is 3.04. The summed E-state index contributed by atoms with van der Waals surface area (Å²) in [5.74, 6) is 1.18. The Hall–Kier alpha value is -1.47. The van der Waals surface area contributed by atoms with Crippen molar-refractivity contribution in [1.82, 2.24) is 20.2 Å². The van der Waals surface area contributed by atoms with Gasteiger partial charge in [-0.05, 0) is 42.0 Å². The predicted octanol–water partition coefficient (Wildman–Crippen LogP) is 2.28. The van der Waals surface area contributed by atoms with Crippen molar-refractivity contribution in [2.75, 3.05) is 18.9 Å². The van der Waals surface area contributed by atoms with Gasteiger partial charge in [0.1, 0.15) is 0 Å². The third-order valence-corrected chi connectivity index (χ3v) is 4.16. The number of hydrogen-bond acceptors (Lipinski definition) is 5. The minimum absolute atomic E-state index is 0.197. The molecule has 1 aromatic carbocycles. The summed E-state index contributed by atoms with van der Waals surface area (Å²) in [4.78, 5) is 0. The van der Waals surface area contributed by atoms with Gasteiger partial charge in [0.15, 0.2) is 5.82 Å². The summed E-state index contributed by atoms with van der Waals surface area (Å²) in [6.45, 7) is 3.71. The van der Waals surface area contributed by atoms with Crippen LogP contribution in [0, 0.1) is 5.92 Å². The molecule has 0 amide bonds. The van der Waals surface area contributed by atoms with Crippen molar-refractivity contribution in [1.29, 1.82) is 0 Å². The van der Waals surface area contributed by atoms with Crippen molar-refractivity contribution in [3.05, 3.63) is 22.7 Å². The number of benzene rings is 1. The molecule has 7 heteroatoms. The number of hydrogen-bond donors (Lipinski definition) is 1. The van der Waals surface area contributed by atoms with E-state index >= 15 is 0 Å². The van der Waals surface area contributed by atoms with Gasteiger partial charge >= 0.3 is 0 Å². The monoisotopic (exact) mass is 337 g/mol. The number of nitrogen functional groups attached to an aromatic ring is 1. The van der Waals surface area contributed by atoms with Crippen LogP contribution in [0.15, 0.2) is 22.7 Å². The van der Waals surface area contributed by atoms with Gasteiger partial charge in [-0.2, -0.15) is 0 Å². The molecular weight excluding hydrogens is 322 g/mol. The molecule has 1 saturated heterocycles. The summed E-state index contributed by atoms with van der Waals surface area (Å²) < 4.78 is 8.23. The Morgan fingerprint density at radius 1 is 1.45 bits per heavy atom. The lowest BCUT2D eigenvalue weighted by molar-refractivity contribution is 0.173. The number of nitrogens with zero attached hydrogens (tertiary/aromatic N) is 4. The molecule has 2 N–H and O–H groups in total. The fourth-order valence-electron chi connectivity index (χ4n) is 2.53. The van der Waals surface area contributed by atoms with Crippen LogP contribution in [-0.4, -0.2) is 33.4 Å². The smallest absolute Gasteiger partial charge is 0.182 e. The topological polar surface area (TPSA) is 78.8 Å². The standard InChI is InChI=1S/C13H16BrN5O/c1-8(9-2-3-20-7-9)19-13(16-17-18-19)10-4-11(14)6-12(15)5-10/h4-6,8-9H,2-3,7,15H2,1H3. The summed E-state index contributed by atoms with van der Waals surface area (Å²) in [7, 11) is 0. The minimum Gasteiger partial charge on any atom is -0.399 e. The maximum atomic E-state index is 5.89. The number of halogens is 1. The van der Waals surface area contributed by atoms with Gasteiger partial charge in [0.05, 0.1) is 12.6 Å². The molecule has 2 heterocycles. The molecule has 2 unspecified atom stereocenters. The average molecular weight is 338 g/mol. The molecule has 1 fully saturated rings. The van der Waals surface area contributed by atoms with Crippen molar-refractivity contribution in [3.8, 4) is 11.4 Å². The van der Waals surface area contributed by atoms with E-state index in [1.165, 1.54) is 0 Å². The minimum atomic E-state index is 0.197. The van der Waals surface area contributed by atoms with Gasteiger partial charge in [0.25, 0.3) is 0 Å². The molecule has 1 aliphatic heterocycles. The largest absolute Gasteiger partial charge is 0.399 e. The normalized spacial score (nSPS) is 20.2. The summed E-state index contributed by atoms with van der Waals surface area (Å²) in [5.41, 5.74) is 7.48. The summed E-state index contributed by atoms with van der Waals surface area (Å²) in [6, 6.07) is 5.90. The number of anilines is 1. The van der Waals surface area contributed by atoms with Crippen LogP contribution in [0.4, 0.5) is 5.69 Å². The molecule has 106 valence electrons. The second-order valence-electron chi connectivity index (χ2n) is 5.08. The molecule has 0 saturated carbocycles. The first kappa shape index (κ1) is 13.5. The van der Waals surface area contributed by atoms with E-state index in [2.05, 4.69) is 38.4 Å². The van der Waals surface area contributed by atoms with E-state index in [-0.39, 0.29) is 6.04 Å². The van der Waals surface area contributed by atoms with E-state index in [4.69, 9.17) is 10.5 Å². The highest BCUT2D eigenvalue weighted by Gasteiger charge is 2.26. The summed E-state index contributed by atoms with van der Waals surface area (Å²) in [5, 5.41) is 12.1. The van der Waals surface area contributed by atoms with E-state index < -0.39 is 0 Å². The first-order valence-corrected chi connectivity index (χ1v) is 7.36. The van der Waals surface area contributed by atoms with E-state index in [9.17, 15) is 0 Å². The first-order chi connectivity index (χ1) is 9.65. The lowest BCUT2D eigenvalue weighted by Crippen LogP contribution is -2.19. The maximum absolute atomic E-state index is 5.89. The number of rotatable bonds is 3. The van der Waals surface area contributed by atoms with E-state index in [1.54, 1.807) is 0 Å². The van der Waals surface area contributed by atoms with Gasteiger partial charge in [0.2, 0.25) is 0 Å². The van der Waals surface area contributed by atoms with Crippen LogP contribution in [0.25, 0.3) is 11.4 Å². The van der Waals surface area contributed by atoms with Gasteiger partial charge in [-0.1, -0.05) is 15.9 Å². The van der Waals surface area contributed by atoms with Crippen molar-refractivity contribution in [2.45, 2.75) is 19.4 Å². The number of tetrazole rings is 1. The van der Waals surface area contributed by atoms with Crippen LogP contribution in [-0.2, 0) is 4.74 Å². The molecule has 2 aromatic rings. The van der Waals surface area contributed by atoms with E-state index in [1.807, 2.05) is 22.9 Å². The lowest BCUT2D eigenvalue weighted by Gasteiger charge is -2.18. The van der Waals surface area contributed by atoms with Gasteiger partial charge in [-0.3, -0.25) is 0 Å². The highest BCUT2D eigenvalue weighted by molar-refractivity contribution is 9.10. The molecular formula is C13H16BrN5O. The molecule has 3 rings (SSSR count). The number of nitrogens with two attached hydrogens (primary N) is 1. The third kappa shape index (κ3) is 2.55. The van der Waals surface area contributed by atoms with Gasteiger partial charge < -0.3 is 10.5 Å². The second-order valence-corrected chi connectivity index (χ2v) is 6.00. The van der Waals surface area contributed by atoms with Crippen LogP contribution in [0.3, 0.4) is 0 Å². The average Bonchev–Trinajstić information content (AvgIpc) is 3.08. The Balaban J connectivity index is 1.96. The molecule has 6 nitrogen and oxygen atoms in total. The number of aromatic nitrogens is 4. The Kier molecular flexibility index (Phi) is 3.71. The SMILES string of the molecule is CC(C1CCOC1)n1nnnc1-c1cc(N)cc(Br)c1. The molecule has 1 aromatic heterocycles. The zero-order chi connectivity index (χ0) is 14.1. The summed E-state index contributed by atoms with van der Waals surface area (Å²) in [6.07, 6.45) is 1.04. The van der Waals surface area contributed by atoms with Gasteiger partial charge in [-0.15, -0.1) is 5.10 Å². The highest BCUT2D eigenvalue weighted by Crippen LogP contribution is 2.30. The fraction of sp³-hybridized carbons (Fsp3) is 0.462. The Morgan fingerprint density at radius 2 is 2.30 bits per heavy atom. The van der Waals surface area contributed by atoms with E-state index in [0.717, 1.165) is 35.5 Å². The zero-order valence-corrected chi connectivity index (χ0v) is 12.7. The molecule has 1 aliphatic rings. The molecule has 2 atom stereocenters. The Bertz CT molecular complexity index is 588. The van der Waals surface area contributed by atoms with Crippen LogP contribution < -0.4 is 5.73 Å². The lowest BCUT2D eigenvalue weighted by atomic mass is 10.0. The van der Waals surface area contributed by atoms with Crippen LogP contribution in [0.5, 0.6) is 0 Å². The van der Waals surface area contributed by atoms with Crippen molar-refractivity contribution in [3.63, 3.8) is 0 Å². The molecule has 20 heavy (non-hydrogen) atoms. The van der Waals surface area contributed by atoms with Crippen LogP contribution in [0.1, 0.15) is 19.4 Å². The van der Waals surface area contributed by atoms with E-state index in [0.29, 0.717) is 11.6 Å². The Morgan fingerprint density at radius 3 is 3.00 bits per heavy atom. The van der Waals surface area contributed by atoms with Gasteiger partial charge in [0, 0.05) is 28.2 Å². The predicted molar refractivity (Wildman–Crippen MR) is 79.0 cm³/mol. The maximum Gasteiger partial charge on any atom is 0.182 e. The van der Waals surface area contributed by atoms with Gasteiger partial charge in [-0.25, -0.2) is 4.68 Å². The number of ether oxygens (including phenoxy) is 1. The second kappa shape index (κ2) is 5.49. The molecule has 0 bridgehead atoms. The first-order valence-electron chi connectivity index (χ1n) is 6.57. The Labute approximate surface area is 125 Å². The van der Waals surface area contributed by atoms with Crippen molar-refractivity contribution < 1.29 is 4.74 Å². The molecule has 0 spiro atoms. The highest BCUT2D eigenvalue weighted by atomic mass is 79.9. The van der Waals surface area contributed by atoms with Crippen molar-refractivity contribution >= 4 is 21.6 Å². The summed E-state index contributed by atoms with van der Waals surface area (Å²) >= 11 is 3.45. The zero-order valence-electron chi connectivity index (χ0n) is 11.2. The quantitative estimate of drug-likeness (QED) is 0.869. The van der Waals surface area contributed by atoms with Crippen LogP contribution in [0.2, 0.25) is 0 Å².